The number of hydrogen-bond acceptors (Lipinski definition) is 5. The number of carbonyl (C=O) groups is 1. The van der Waals surface area contributed by atoms with Gasteiger partial charge in [0.15, 0.2) is 0 Å². The molecule has 1 atom stereocenters. The molecule has 0 radical (unpaired) electrons. The maximum Gasteiger partial charge on any atom is 0.255 e. The predicted molar refractivity (Wildman–Crippen MR) is 126 cm³/mol. The molecule has 0 bridgehead atoms. The lowest BCUT2D eigenvalue weighted by atomic mass is 10.1. The first kappa shape index (κ1) is 21.9. The highest BCUT2D eigenvalue weighted by Gasteiger charge is 2.14. The first-order chi connectivity index (χ1) is 15.5. The van der Waals surface area contributed by atoms with Crippen LogP contribution in [0.4, 0.5) is 5.69 Å². The number of amides is 1. The summed E-state index contributed by atoms with van der Waals surface area (Å²) < 4.78 is 13.8. The van der Waals surface area contributed by atoms with Crippen molar-refractivity contribution < 1.29 is 14.1 Å². The molecule has 3 N–H and O–H groups in total. The third-order valence-electron chi connectivity index (χ3n) is 5.06. The first-order valence-corrected chi connectivity index (χ1v) is 11.7. The lowest BCUT2D eigenvalue weighted by Gasteiger charge is -2.12. The largest absolute Gasteiger partial charge is 0.395 e. The van der Waals surface area contributed by atoms with Crippen LogP contribution in [0.2, 0.25) is 0 Å². The van der Waals surface area contributed by atoms with Gasteiger partial charge in [-0.15, -0.1) is 0 Å². The van der Waals surface area contributed by atoms with Crippen LogP contribution in [-0.4, -0.2) is 44.0 Å². The van der Waals surface area contributed by atoms with E-state index in [1.165, 1.54) is 0 Å². The number of nitrogens with zero attached hydrogens (tertiary/aromatic N) is 2. The molecule has 164 valence electrons. The molecule has 0 saturated carbocycles. The van der Waals surface area contributed by atoms with Crippen LogP contribution in [0.5, 0.6) is 0 Å². The predicted octanol–water partition coefficient (Wildman–Crippen LogP) is 3.07. The van der Waals surface area contributed by atoms with Crippen LogP contribution in [0, 0.1) is 0 Å². The second-order valence-corrected chi connectivity index (χ2v) is 8.68. The minimum absolute atomic E-state index is 0.000411. The highest BCUT2D eigenvalue weighted by Crippen LogP contribution is 2.22. The lowest BCUT2D eigenvalue weighted by Crippen LogP contribution is -2.21. The standard InChI is InChI=1S/C24H24N4O3S/c1-32(31)20-9-10-21(18(14-20)15-25-11-13-29)24(30)26-19-7-5-17(6-8-19)22-16-28-12-3-2-4-23(28)27-22/h2-10,12,14,16,25,29H,11,13,15H2,1H3,(H,26,30). The molecule has 7 nitrogen and oxygen atoms in total. The van der Waals surface area contributed by atoms with Crippen LogP contribution >= 0.6 is 0 Å². The summed E-state index contributed by atoms with van der Waals surface area (Å²) in [7, 11) is -1.15. The summed E-state index contributed by atoms with van der Waals surface area (Å²) in [5.41, 5.74) is 4.57. The molecule has 2 aromatic carbocycles. The molecule has 8 heteroatoms. The highest BCUT2D eigenvalue weighted by atomic mass is 32.2. The number of anilines is 1. The zero-order valence-electron chi connectivity index (χ0n) is 17.6. The Bertz CT molecular complexity index is 1230. The number of fused-ring (bicyclic) bond motifs is 1. The smallest absolute Gasteiger partial charge is 0.255 e. The van der Waals surface area contributed by atoms with E-state index in [4.69, 9.17) is 5.11 Å². The van der Waals surface area contributed by atoms with E-state index in [1.807, 2.05) is 59.3 Å². The van der Waals surface area contributed by atoms with Gasteiger partial charge in [-0.05, 0) is 48.0 Å². The van der Waals surface area contributed by atoms with E-state index in [-0.39, 0.29) is 12.5 Å². The van der Waals surface area contributed by atoms with Crippen molar-refractivity contribution in [2.45, 2.75) is 11.4 Å². The van der Waals surface area contributed by atoms with Gasteiger partial charge in [-0.2, -0.15) is 0 Å². The minimum atomic E-state index is -1.15. The Morgan fingerprint density at radius 3 is 2.66 bits per heavy atom. The first-order valence-electron chi connectivity index (χ1n) is 10.2. The molecule has 0 aliphatic carbocycles. The Morgan fingerprint density at radius 1 is 1.12 bits per heavy atom. The van der Waals surface area contributed by atoms with Crippen LogP contribution in [0.3, 0.4) is 0 Å². The Morgan fingerprint density at radius 2 is 1.94 bits per heavy atom. The fourth-order valence-electron chi connectivity index (χ4n) is 3.42. The van der Waals surface area contributed by atoms with Crippen molar-refractivity contribution in [3.8, 4) is 11.3 Å². The van der Waals surface area contributed by atoms with E-state index < -0.39 is 10.8 Å². The zero-order chi connectivity index (χ0) is 22.5. The Balaban J connectivity index is 1.52. The molecule has 0 fully saturated rings. The maximum atomic E-state index is 12.9. The van der Waals surface area contributed by atoms with Gasteiger partial charge in [-0.25, -0.2) is 4.98 Å². The van der Waals surface area contributed by atoms with Crippen molar-refractivity contribution >= 4 is 28.0 Å². The van der Waals surface area contributed by atoms with Crippen molar-refractivity contribution in [1.29, 1.82) is 0 Å². The van der Waals surface area contributed by atoms with Gasteiger partial charge in [0.05, 0.1) is 12.3 Å². The fourth-order valence-corrected chi connectivity index (χ4v) is 3.98. The SMILES string of the molecule is CS(=O)c1ccc(C(=O)Nc2ccc(-c3cn4ccccc4n3)cc2)c(CNCCO)c1. The van der Waals surface area contributed by atoms with Crippen LogP contribution in [0.1, 0.15) is 15.9 Å². The number of aliphatic hydroxyl groups is 1. The number of carbonyl (C=O) groups excluding carboxylic acids is 1. The minimum Gasteiger partial charge on any atom is -0.395 e. The number of aromatic nitrogens is 2. The molecule has 4 aromatic rings. The number of rotatable bonds is 8. The molecule has 1 unspecified atom stereocenters. The van der Waals surface area contributed by atoms with Gasteiger partial charge < -0.3 is 20.1 Å². The topological polar surface area (TPSA) is 95.7 Å². The summed E-state index contributed by atoms with van der Waals surface area (Å²) in [5.74, 6) is -0.250. The molecule has 4 rings (SSSR count). The summed E-state index contributed by atoms with van der Waals surface area (Å²) in [5, 5.41) is 15.0. The number of aliphatic hydroxyl groups excluding tert-OH is 1. The van der Waals surface area contributed by atoms with Gasteiger partial charge in [0.25, 0.3) is 5.91 Å². The van der Waals surface area contributed by atoms with Crippen molar-refractivity contribution in [2.24, 2.45) is 0 Å². The Labute approximate surface area is 188 Å². The second kappa shape index (κ2) is 9.86. The van der Waals surface area contributed by atoms with Crippen molar-refractivity contribution in [1.82, 2.24) is 14.7 Å². The molecule has 0 saturated heterocycles. The molecule has 0 aliphatic heterocycles. The van der Waals surface area contributed by atoms with Crippen molar-refractivity contribution in [3.05, 3.63) is 84.2 Å². The van der Waals surface area contributed by atoms with Gasteiger partial charge in [0.2, 0.25) is 0 Å². The number of pyridine rings is 1. The van der Waals surface area contributed by atoms with Crippen molar-refractivity contribution in [3.63, 3.8) is 0 Å². The summed E-state index contributed by atoms with van der Waals surface area (Å²) in [6.45, 7) is 0.797. The molecular formula is C24H24N4O3S. The molecular weight excluding hydrogens is 424 g/mol. The van der Waals surface area contributed by atoms with E-state index in [9.17, 15) is 9.00 Å². The summed E-state index contributed by atoms with van der Waals surface area (Å²) in [6, 6.07) is 18.5. The third kappa shape index (κ3) is 4.94. The molecule has 0 spiro atoms. The lowest BCUT2D eigenvalue weighted by molar-refractivity contribution is 0.102. The number of nitrogens with one attached hydrogen (secondary N) is 2. The van der Waals surface area contributed by atoms with E-state index in [2.05, 4.69) is 15.6 Å². The summed E-state index contributed by atoms with van der Waals surface area (Å²) >= 11 is 0. The molecule has 1 amide bonds. The second-order valence-electron chi connectivity index (χ2n) is 7.30. The van der Waals surface area contributed by atoms with E-state index in [0.717, 1.165) is 22.5 Å². The molecule has 2 aromatic heterocycles. The average Bonchev–Trinajstić information content (AvgIpc) is 3.24. The highest BCUT2D eigenvalue weighted by molar-refractivity contribution is 7.84. The molecule has 32 heavy (non-hydrogen) atoms. The fraction of sp³-hybridized carbons (Fsp3) is 0.167. The number of benzene rings is 2. The maximum absolute atomic E-state index is 12.9. The quantitative estimate of drug-likeness (QED) is 0.360. The van der Waals surface area contributed by atoms with Crippen LogP contribution in [0.25, 0.3) is 16.9 Å². The average molecular weight is 449 g/mol. The molecule has 2 heterocycles. The van der Waals surface area contributed by atoms with Gasteiger partial charge in [-0.1, -0.05) is 18.2 Å². The summed E-state index contributed by atoms with van der Waals surface area (Å²) in [6.07, 6.45) is 5.52. The van der Waals surface area contributed by atoms with E-state index in [1.54, 1.807) is 24.5 Å². The monoisotopic (exact) mass is 448 g/mol. The van der Waals surface area contributed by atoms with Crippen LogP contribution < -0.4 is 10.6 Å². The third-order valence-corrected chi connectivity index (χ3v) is 5.98. The van der Waals surface area contributed by atoms with Gasteiger partial charge in [0.1, 0.15) is 5.65 Å². The van der Waals surface area contributed by atoms with Gasteiger partial charge in [-0.3, -0.25) is 9.00 Å². The van der Waals surface area contributed by atoms with Crippen molar-refractivity contribution in [2.75, 3.05) is 24.7 Å². The Kier molecular flexibility index (Phi) is 6.75. The zero-order valence-corrected chi connectivity index (χ0v) is 18.4. The molecule has 0 aliphatic rings. The van der Waals surface area contributed by atoms with Crippen LogP contribution in [0.15, 0.2) is 78.0 Å². The van der Waals surface area contributed by atoms with E-state index in [0.29, 0.717) is 29.2 Å². The number of hydrogen-bond donors (Lipinski definition) is 3. The van der Waals surface area contributed by atoms with E-state index >= 15 is 0 Å². The van der Waals surface area contributed by atoms with Gasteiger partial charge >= 0.3 is 0 Å². The Hall–Kier alpha value is -3.33. The van der Waals surface area contributed by atoms with Crippen LogP contribution in [-0.2, 0) is 17.3 Å². The normalized spacial score (nSPS) is 12.1. The summed E-state index contributed by atoms with van der Waals surface area (Å²) in [4.78, 5) is 18.2. The number of imidazole rings is 1. The van der Waals surface area contributed by atoms with Gasteiger partial charge in [0, 0.05) is 64.2 Å².